The van der Waals surface area contributed by atoms with Crippen molar-refractivity contribution in [3.63, 3.8) is 0 Å². The van der Waals surface area contributed by atoms with Crippen molar-refractivity contribution in [3.8, 4) is 0 Å². The van der Waals surface area contributed by atoms with E-state index in [4.69, 9.17) is 13.9 Å². The summed E-state index contributed by atoms with van der Waals surface area (Å²) in [6.45, 7) is 4.51. The van der Waals surface area contributed by atoms with Gasteiger partial charge in [0.25, 0.3) is 6.01 Å². The molecule has 1 unspecified atom stereocenters. The van der Waals surface area contributed by atoms with Gasteiger partial charge in [-0.05, 0) is 13.8 Å². The Hall–Kier alpha value is -1.56. The molecule has 1 N–H and O–H groups in total. The Balaban J connectivity index is 2.48. The second-order valence-electron chi connectivity index (χ2n) is 3.19. The van der Waals surface area contributed by atoms with Gasteiger partial charge in [0.2, 0.25) is 0 Å². The molecule has 1 atom stereocenters. The summed E-state index contributed by atoms with van der Waals surface area (Å²) in [4.78, 5) is 15.2. The smallest absolute Gasteiger partial charge is 0.360 e. The zero-order chi connectivity index (χ0) is 12.0. The Morgan fingerprint density at radius 3 is 3.06 bits per heavy atom. The fourth-order valence-corrected chi connectivity index (χ4v) is 0.968. The highest BCUT2D eigenvalue weighted by atomic mass is 16.5. The van der Waals surface area contributed by atoms with E-state index >= 15 is 0 Å². The van der Waals surface area contributed by atoms with Crippen molar-refractivity contribution in [3.05, 3.63) is 12.0 Å². The van der Waals surface area contributed by atoms with Gasteiger partial charge in [-0.25, -0.2) is 4.79 Å². The van der Waals surface area contributed by atoms with Crippen LogP contribution in [0.25, 0.3) is 0 Å². The zero-order valence-electron chi connectivity index (χ0n) is 9.65. The normalized spacial score (nSPS) is 12.2. The van der Waals surface area contributed by atoms with Gasteiger partial charge in [-0.3, -0.25) is 0 Å². The molecular weight excluding hydrogens is 212 g/mol. The van der Waals surface area contributed by atoms with Gasteiger partial charge < -0.3 is 19.2 Å². The zero-order valence-corrected chi connectivity index (χ0v) is 9.65. The van der Waals surface area contributed by atoms with E-state index in [1.165, 1.54) is 6.26 Å². The molecule has 6 heteroatoms. The van der Waals surface area contributed by atoms with Gasteiger partial charge in [0, 0.05) is 13.7 Å². The molecule has 0 fully saturated rings. The third-order valence-corrected chi connectivity index (χ3v) is 1.93. The van der Waals surface area contributed by atoms with Gasteiger partial charge in [-0.15, -0.1) is 0 Å². The summed E-state index contributed by atoms with van der Waals surface area (Å²) < 4.78 is 14.9. The first-order valence-corrected chi connectivity index (χ1v) is 5.06. The maximum atomic E-state index is 11.3. The molecule has 90 valence electrons. The first-order valence-electron chi connectivity index (χ1n) is 5.06. The number of esters is 1. The van der Waals surface area contributed by atoms with Gasteiger partial charge in [-0.2, -0.15) is 4.98 Å². The maximum absolute atomic E-state index is 11.3. The SMILES string of the molecule is CCOC(=O)c1coc(NCC(C)OC)n1. The van der Waals surface area contributed by atoms with E-state index in [0.717, 1.165) is 0 Å². The van der Waals surface area contributed by atoms with Crippen LogP contribution in [0.1, 0.15) is 24.3 Å². The van der Waals surface area contributed by atoms with Crippen molar-refractivity contribution in [2.45, 2.75) is 20.0 Å². The van der Waals surface area contributed by atoms with Crippen molar-refractivity contribution in [2.75, 3.05) is 25.6 Å². The number of nitrogens with one attached hydrogen (secondary N) is 1. The molecule has 16 heavy (non-hydrogen) atoms. The van der Waals surface area contributed by atoms with Crippen LogP contribution in [0, 0.1) is 0 Å². The van der Waals surface area contributed by atoms with E-state index < -0.39 is 5.97 Å². The van der Waals surface area contributed by atoms with E-state index in [-0.39, 0.29) is 17.8 Å². The van der Waals surface area contributed by atoms with Crippen LogP contribution in [0.15, 0.2) is 10.7 Å². The second kappa shape index (κ2) is 6.12. The molecule has 1 aromatic heterocycles. The lowest BCUT2D eigenvalue weighted by Crippen LogP contribution is -2.18. The number of rotatable bonds is 6. The van der Waals surface area contributed by atoms with E-state index in [0.29, 0.717) is 13.2 Å². The van der Waals surface area contributed by atoms with Crippen LogP contribution in [0.3, 0.4) is 0 Å². The van der Waals surface area contributed by atoms with Gasteiger partial charge in [-0.1, -0.05) is 0 Å². The largest absolute Gasteiger partial charge is 0.461 e. The molecule has 1 rings (SSSR count). The number of aromatic nitrogens is 1. The molecule has 0 aliphatic rings. The van der Waals surface area contributed by atoms with Crippen molar-refractivity contribution in [1.29, 1.82) is 0 Å². The van der Waals surface area contributed by atoms with Crippen LogP contribution in [-0.4, -0.2) is 37.3 Å². The minimum absolute atomic E-state index is 0.0398. The molecule has 0 aliphatic heterocycles. The van der Waals surface area contributed by atoms with Crippen LogP contribution in [0.2, 0.25) is 0 Å². The molecular formula is C10H16N2O4. The number of hydrogen-bond donors (Lipinski definition) is 1. The highest BCUT2D eigenvalue weighted by molar-refractivity contribution is 5.87. The molecule has 0 radical (unpaired) electrons. The number of methoxy groups -OCH3 is 1. The van der Waals surface area contributed by atoms with Crippen LogP contribution >= 0.6 is 0 Å². The average Bonchev–Trinajstić information content (AvgIpc) is 2.75. The summed E-state index contributed by atoms with van der Waals surface area (Å²) in [7, 11) is 1.62. The van der Waals surface area contributed by atoms with Crippen molar-refractivity contribution in [2.24, 2.45) is 0 Å². The molecule has 1 aromatic rings. The van der Waals surface area contributed by atoms with Crippen molar-refractivity contribution in [1.82, 2.24) is 4.98 Å². The van der Waals surface area contributed by atoms with E-state index in [1.54, 1.807) is 14.0 Å². The molecule has 0 aliphatic carbocycles. The lowest BCUT2D eigenvalue weighted by molar-refractivity contribution is 0.0519. The lowest BCUT2D eigenvalue weighted by Gasteiger charge is -2.08. The Labute approximate surface area is 93.9 Å². The first-order chi connectivity index (χ1) is 7.67. The monoisotopic (exact) mass is 228 g/mol. The first kappa shape index (κ1) is 12.5. The van der Waals surface area contributed by atoms with Crippen LogP contribution in [-0.2, 0) is 9.47 Å². The van der Waals surface area contributed by atoms with Gasteiger partial charge in [0.15, 0.2) is 5.69 Å². The van der Waals surface area contributed by atoms with Crippen LogP contribution < -0.4 is 5.32 Å². The van der Waals surface area contributed by atoms with Gasteiger partial charge >= 0.3 is 5.97 Å². The molecule has 0 amide bonds. The third kappa shape index (κ3) is 3.54. The predicted molar refractivity (Wildman–Crippen MR) is 57.4 cm³/mol. The molecule has 0 spiro atoms. The fourth-order valence-electron chi connectivity index (χ4n) is 0.968. The highest BCUT2D eigenvalue weighted by Crippen LogP contribution is 2.08. The second-order valence-corrected chi connectivity index (χ2v) is 3.19. The number of hydrogen-bond acceptors (Lipinski definition) is 6. The third-order valence-electron chi connectivity index (χ3n) is 1.93. The molecule has 6 nitrogen and oxygen atoms in total. The maximum Gasteiger partial charge on any atom is 0.360 e. The molecule has 0 bridgehead atoms. The lowest BCUT2D eigenvalue weighted by atomic mass is 10.4. The van der Waals surface area contributed by atoms with Crippen LogP contribution in [0.5, 0.6) is 0 Å². The summed E-state index contributed by atoms with van der Waals surface area (Å²) >= 11 is 0. The molecule has 1 heterocycles. The minimum Gasteiger partial charge on any atom is -0.461 e. The molecule has 0 aromatic carbocycles. The Morgan fingerprint density at radius 1 is 1.69 bits per heavy atom. The van der Waals surface area contributed by atoms with E-state index in [2.05, 4.69) is 10.3 Å². The fraction of sp³-hybridized carbons (Fsp3) is 0.600. The molecule has 0 saturated carbocycles. The highest BCUT2D eigenvalue weighted by Gasteiger charge is 2.13. The number of oxazole rings is 1. The van der Waals surface area contributed by atoms with E-state index in [9.17, 15) is 4.79 Å². The number of carbonyl (C=O) groups excluding carboxylic acids is 1. The number of anilines is 1. The number of carbonyl (C=O) groups is 1. The summed E-state index contributed by atoms with van der Waals surface area (Å²) in [5.74, 6) is -0.487. The molecule has 0 saturated heterocycles. The standard InChI is InChI=1S/C10H16N2O4/c1-4-15-9(13)8-6-16-10(12-8)11-5-7(2)14-3/h6-7H,4-5H2,1-3H3,(H,11,12). The summed E-state index contributed by atoms with van der Waals surface area (Å²) in [6, 6.07) is 0.284. The van der Waals surface area contributed by atoms with Crippen molar-refractivity contribution >= 4 is 12.0 Å². The van der Waals surface area contributed by atoms with Gasteiger partial charge in [0.1, 0.15) is 6.26 Å². The Kier molecular flexibility index (Phi) is 4.78. The average molecular weight is 228 g/mol. The Morgan fingerprint density at radius 2 is 2.44 bits per heavy atom. The Bertz CT molecular complexity index is 337. The number of nitrogens with zero attached hydrogens (tertiary/aromatic N) is 1. The number of ether oxygens (including phenoxy) is 2. The summed E-state index contributed by atoms with van der Waals surface area (Å²) in [6.07, 6.45) is 1.30. The van der Waals surface area contributed by atoms with E-state index in [1.807, 2.05) is 6.92 Å². The van der Waals surface area contributed by atoms with Crippen LogP contribution in [0.4, 0.5) is 6.01 Å². The quantitative estimate of drug-likeness (QED) is 0.740. The van der Waals surface area contributed by atoms with Crippen molar-refractivity contribution < 1.29 is 18.7 Å². The predicted octanol–water partition coefficient (Wildman–Crippen LogP) is 1.30. The van der Waals surface area contributed by atoms with Gasteiger partial charge in [0.05, 0.1) is 12.7 Å². The topological polar surface area (TPSA) is 73.6 Å². The summed E-state index contributed by atoms with van der Waals surface area (Å²) in [5, 5.41) is 2.90. The summed E-state index contributed by atoms with van der Waals surface area (Å²) in [5.41, 5.74) is 0.161. The minimum atomic E-state index is -0.487.